The summed E-state index contributed by atoms with van der Waals surface area (Å²) in [6.07, 6.45) is 4.54. The first-order valence-electron chi connectivity index (χ1n) is 7.90. The molecule has 1 aromatic heterocycles. The Hall–Kier alpha value is -2.45. The van der Waals surface area contributed by atoms with Gasteiger partial charge in [0.05, 0.1) is 4.92 Å². The molecule has 1 aliphatic rings. The van der Waals surface area contributed by atoms with Crippen molar-refractivity contribution in [3.63, 3.8) is 0 Å². The summed E-state index contributed by atoms with van der Waals surface area (Å²) in [6.45, 7) is 0.551. The van der Waals surface area contributed by atoms with Crippen LogP contribution in [-0.2, 0) is 0 Å². The second kappa shape index (κ2) is 8.09. The van der Waals surface area contributed by atoms with Crippen LogP contribution in [0.5, 0.6) is 0 Å². The molecule has 134 valence electrons. The van der Waals surface area contributed by atoms with Crippen LogP contribution in [-0.4, -0.2) is 33.2 Å². The predicted octanol–water partition coefficient (Wildman–Crippen LogP) is 2.06. The van der Waals surface area contributed by atoms with Crippen LogP contribution in [0.2, 0.25) is 0 Å². The first-order valence-corrected chi connectivity index (χ1v) is 7.90. The minimum absolute atomic E-state index is 0. The minimum Gasteiger partial charge on any atom is -0.348 e. The van der Waals surface area contributed by atoms with Gasteiger partial charge < -0.3 is 11.1 Å². The van der Waals surface area contributed by atoms with Crippen LogP contribution in [0.3, 0.4) is 0 Å². The number of aromatic nitrogens is 2. The Balaban J connectivity index is 0.00000225. The van der Waals surface area contributed by atoms with Crippen molar-refractivity contribution >= 4 is 24.0 Å². The molecule has 0 radical (unpaired) electrons. The van der Waals surface area contributed by atoms with Crippen molar-refractivity contribution < 1.29 is 9.72 Å². The van der Waals surface area contributed by atoms with Gasteiger partial charge in [-0.15, -0.1) is 12.4 Å². The highest BCUT2D eigenvalue weighted by atomic mass is 35.5. The van der Waals surface area contributed by atoms with Crippen LogP contribution in [0.25, 0.3) is 5.69 Å². The highest BCUT2D eigenvalue weighted by Crippen LogP contribution is 2.25. The zero-order valence-electron chi connectivity index (χ0n) is 13.5. The second-order valence-corrected chi connectivity index (χ2v) is 5.90. The molecule has 8 nitrogen and oxygen atoms in total. The van der Waals surface area contributed by atoms with E-state index in [1.54, 1.807) is 30.5 Å². The van der Waals surface area contributed by atoms with E-state index in [-0.39, 0.29) is 35.7 Å². The molecule has 1 fully saturated rings. The van der Waals surface area contributed by atoms with Crippen molar-refractivity contribution in [1.29, 1.82) is 0 Å². The normalized spacial score (nSPS) is 19.2. The average molecular weight is 366 g/mol. The monoisotopic (exact) mass is 365 g/mol. The number of amides is 1. The maximum Gasteiger partial charge on any atom is 0.294 e. The molecule has 25 heavy (non-hydrogen) atoms. The molecule has 9 heteroatoms. The quantitative estimate of drug-likeness (QED) is 0.621. The number of nitro groups is 1. The highest BCUT2D eigenvalue weighted by Gasteiger charge is 2.28. The summed E-state index contributed by atoms with van der Waals surface area (Å²) in [5.41, 5.74) is 6.22. The maximum atomic E-state index is 12.4. The van der Waals surface area contributed by atoms with E-state index in [0.717, 1.165) is 19.3 Å². The number of halogens is 1. The molecule has 3 rings (SSSR count). The van der Waals surface area contributed by atoms with Gasteiger partial charge in [-0.2, -0.15) is 5.10 Å². The molecule has 1 amide bonds. The summed E-state index contributed by atoms with van der Waals surface area (Å²) in [4.78, 5) is 23.0. The van der Waals surface area contributed by atoms with Gasteiger partial charge in [-0.25, -0.2) is 4.68 Å². The summed E-state index contributed by atoms with van der Waals surface area (Å²) in [5, 5.41) is 18.3. The van der Waals surface area contributed by atoms with E-state index in [1.807, 2.05) is 0 Å². The number of nitrogens with two attached hydrogens (primary N) is 1. The van der Waals surface area contributed by atoms with Gasteiger partial charge in [-0.05, 0) is 37.4 Å². The molecule has 0 bridgehead atoms. The molecule has 0 saturated heterocycles. The number of nitrogens with one attached hydrogen (secondary N) is 1. The number of benzene rings is 1. The maximum absolute atomic E-state index is 12.4. The summed E-state index contributed by atoms with van der Waals surface area (Å²) in [7, 11) is 0. The summed E-state index contributed by atoms with van der Waals surface area (Å²) >= 11 is 0. The van der Waals surface area contributed by atoms with Crippen LogP contribution in [0, 0.1) is 16.0 Å². The topological polar surface area (TPSA) is 116 Å². The lowest BCUT2D eigenvalue weighted by atomic mass is 10.0. The number of nitrogens with zero attached hydrogens (tertiary/aromatic N) is 3. The molecule has 2 aromatic rings. The zero-order valence-corrected chi connectivity index (χ0v) is 14.3. The van der Waals surface area contributed by atoms with Crippen LogP contribution >= 0.6 is 12.4 Å². The Bertz CT molecular complexity index is 764. The summed E-state index contributed by atoms with van der Waals surface area (Å²) in [5.74, 6) is 0.0175. The number of hydrogen-bond acceptors (Lipinski definition) is 5. The van der Waals surface area contributed by atoms with Gasteiger partial charge in [0.25, 0.3) is 11.6 Å². The fourth-order valence-corrected chi connectivity index (χ4v) is 3.14. The molecule has 3 N–H and O–H groups in total. The SMILES string of the molecule is Cl.NCC1CCCC1NC(=O)c1ccn(-c2ccccc2[N+](=O)[O-])n1. The molecule has 1 heterocycles. The molecule has 0 spiro atoms. The smallest absolute Gasteiger partial charge is 0.294 e. The number of carbonyl (C=O) groups excluding carboxylic acids is 1. The van der Waals surface area contributed by atoms with Gasteiger partial charge in [0.2, 0.25) is 0 Å². The molecule has 0 aliphatic heterocycles. The van der Waals surface area contributed by atoms with Crippen LogP contribution in [0.1, 0.15) is 29.8 Å². The van der Waals surface area contributed by atoms with Crippen molar-refractivity contribution in [1.82, 2.24) is 15.1 Å². The standard InChI is InChI=1S/C16H19N5O3.ClH/c17-10-11-4-3-5-12(11)18-16(22)13-8-9-20(19-13)14-6-1-2-7-15(14)21(23)24;/h1-2,6-9,11-12H,3-5,10,17H2,(H,18,22);1H. The number of rotatable bonds is 5. The third kappa shape index (κ3) is 3.97. The van der Waals surface area contributed by atoms with Crippen molar-refractivity contribution in [2.24, 2.45) is 11.7 Å². The van der Waals surface area contributed by atoms with Crippen LogP contribution in [0.4, 0.5) is 5.69 Å². The van der Waals surface area contributed by atoms with E-state index in [4.69, 9.17) is 5.73 Å². The first kappa shape index (κ1) is 18.9. The van der Waals surface area contributed by atoms with E-state index in [0.29, 0.717) is 18.2 Å². The Kier molecular flexibility index (Phi) is 6.11. The van der Waals surface area contributed by atoms with E-state index in [2.05, 4.69) is 10.4 Å². The van der Waals surface area contributed by atoms with Gasteiger partial charge in [0.15, 0.2) is 5.69 Å². The molecule has 2 unspecified atom stereocenters. The Labute approximate surface area is 151 Å². The van der Waals surface area contributed by atoms with E-state index < -0.39 is 4.92 Å². The summed E-state index contributed by atoms with van der Waals surface area (Å²) < 4.78 is 1.35. The minimum atomic E-state index is -0.471. The Morgan fingerprint density at radius 2 is 2.12 bits per heavy atom. The largest absolute Gasteiger partial charge is 0.348 e. The molecular weight excluding hydrogens is 346 g/mol. The first-order chi connectivity index (χ1) is 11.6. The van der Waals surface area contributed by atoms with Gasteiger partial charge in [-0.1, -0.05) is 18.6 Å². The van der Waals surface area contributed by atoms with E-state index >= 15 is 0 Å². The third-order valence-electron chi connectivity index (χ3n) is 4.43. The summed E-state index contributed by atoms with van der Waals surface area (Å²) in [6, 6.07) is 7.90. The fraction of sp³-hybridized carbons (Fsp3) is 0.375. The van der Waals surface area contributed by atoms with Gasteiger partial charge in [0.1, 0.15) is 5.69 Å². The number of nitro benzene ring substituents is 1. The van der Waals surface area contributed by atoms with E-state index in [1.165, 1.54) is 10.7 Å². The van der Waals surface area contributed by atoms with Crippen molar-refractivity contribution in [3.05, 3.63) is 52.3 Å². The molecular formula is C16H20ClN5O3. The molecule has 2 atom stereocenters. The second-order valence-electron chi connectivity index (χ2n) is 5.90. The van der Waals surface area contributed by atoms with Crippen molar-refractivity contribution in [2.75, 3.05) is 6.54 Å². The highest BCUT2D eigenvalue weighted by molar-refractivity contribution is 5.92. The Morgan fingerprint density at radius 3 is 2.84 bits per heavy atom. The molecule has 1 aromatic carbocycles. The lowest BCUT2D eigenvalue weighted by molar-refractivity contribution is -0.384. The van der Waals surface area contributed by atoms with E-state index in [9.17, 15) is 14.9 Å². The fourth-order valence-electron chi connectivity index (χ4n) is 3.14. The van der Waals surface area contributed by atoms with Crippen LogP contribution in [0.15, 0.2) is 36.5 Å². The van der Waals surface area contributed by atoms with Gasteiger partial charge in [0, 0.05) is 18.3 Å². The van der Waals surface area contributed by atoms with Crippen molar-refractivity contribution in [2.45, 2.75) is 25.3 Å². The molecule has 1 aliphatic carbocycles. The van der Waals surface area contributed by atoms with Gasteiger partial charge >= 0.3 is 0 Å². The average Bonchev–Trinajstić information content (AvgIpc) is 3.23. The lowest BCUT2D eigenvalue weighted by Gasteiger charge is -2.18. The molecule has 1 saturated carbocycles. The third-order valence-corrected chi connectivity index (χ3v) is 4.43. The van der Waals surface area contributed by atoms with Crippen LogP contribution < -0.4 is 11.1 Å². The number of hydrogen-bond donors (Lipinski definition) is 2. The van der Waals surface area contributed by atoms with Gasteiger partial charge in [-0.3, -0.25) is 14.9 Å². The lowest BCUT2D eigenvalue weighted by Crippen LogP contribution is -2.40. The Morgan fingerprint density at radius 1 is 1.36 bits per heavy atom. The number of para-hydroxylation sites is 2. The number of carbonyl (C=O) groups is 1. The van der Waals surface area contributed by atoms with Crippen molar-refractivity contribution in [3.8, 4) is 5.69 Å². The predicted molar refractivity (Wildman–Crippen MR) is 95.1 cm³/mol. The zero-order chi connectivity index (χ0) is 17.1.